The molecule has 0 heterocycles. The van der Waals surface area contributed by atoms with E-state index >= 15 is 0 Å². The van der Waals surface area contributed by atoms with Crippen molar-refractivity contribution in [2.75, 3.05) is 13.6 Å². The molecule has 0 aliphatic carbocycles. The van der Waals surface area contributed by atoms with E-state index in [2.05, 4.69) is 5.32 Å². The highest BCUT2D eigenvalue weighted by Crippen LogP contribution is 1.77. The number of hydrogen-bond acceptors (Lipinski definition) is 2. The highest BCUT2D eigenvalue weighted by atomic mass is 16.1. The lowest BCUT2D eigenvalue weighted by Gasteiger charge is -1.89. The summed E-state index contributed by atoms with van der Waals surface area (Å²) in [6, 6.07) is 0. The van der Waals surface area contributed by atoms with Crippen molar-refractivity contribution in [3.8, 4) is 0 Å². The smallest absolute Gasteiger partial charge is 0.120 e. The maximum absolute atomic E-state index is 9.65. The first-order chi connectivity index (χ1) is 3.41. The number of rotatable bonds is 4. The SMILES string of the molecule is CNCCCC=O. The molecule has 0 aromatic carbocycles. The molecule has 0 aromatic rings. The summed E-state index contributed by atoms with van der Waals surface area (Å²) in [5.74, 6) is 0. The summed E-state index contributed by atoms with van der Waals surface area (Å²) >= 11 is 0. The number of nitrogens with one attached hydrogen (secondary N) is 1. The fraction of sp³-hybridized carbons (Fsp3) is 0.800. The van der Waals surface area contributed by atoms with E-state index in [0.29, 0.717) is 6.42 Å². The van der Waals surface area contributed by atoms with Gasteiger partial charge < -0.3 is 10.1 Å². The average molecular weight is 101 g/mol. The van der Waals surface area contributed by atoms with Crippen LogP contribution in [0.15, 0.2) is 0 Å². The fourth-order valence-electron chi connectivity index (χ4n) is 0.362. The van der Waals surface area contributed by atoms with Crippen LogP contribution in [0.3, 0.4) is 0 Å². The molecule has 0 spiro atoms. The van der Waals surface area contributed by atoms with Gasteiger partial charge in [0.1, 0.15) is 6.29 Å². The lowest BCUT2D eigenvalue weighted by Crippen LogP contribution is -2.06. The molecular formula is C5H11NO. The van der Waals surface area contributed by atoms with E-state index in [0.717, 1.165) is 19.3 Å². The molecule has 0 saturated heterocycles. The van der Waals surface area contributed by atoms with Crippen LogP contribution in [0, 0.1) is 0 Å². The number of carbonyl (C=O) groups is 1. The molecule has 0 fully saturated rings. The van der Waals surface area contributed by atoms with Crippen molar-refractivity contribution in [2.45, 2.75) is 12.8 Å². The van der Waals surface area contributed by atoms with E-state index in [1.807, 2.05) is 7.05 Å². The second-order valence-corrected chi connectivity index (χ2v) is 1.41. The topological polar surface area (TPSA) is 29.1 Å². The fourth-order valence-corrected chi connectivity index (χ4v) is 0.362. The molecule has 0 bridgehead atoms. The van der Waals surface area contributed by atoms with Crippen LogP contribution in [0.5, 0.6) is 0 Å². The van der Waals surface area contributed by atoms with Crippen molar-refractivity contribution < 1.29 is 4.79 Å². The van der Waals surface area contributed by atoms with Crippen LogP contribution >= 0.6 is 0 Å². The molecular weight excluding hydrogens is 90.1 g/mol. The summed E-state index contributed by atoms with van der Waals surface area (Å²) in [4.78, 5) is 9.65. The molecule has 0 rings (SSSR count). The Morgan fingerprint density at radius 3 is 2.86 bits per heavy atom. The zero-order chi connectivity index (χ0) is 5.54. The van der Waals surface area contributed by atoms with Gasteiger partial charge in [-0.1, -0.05) is 0 Å². The van der Waals surface area contributed by atoms with Gasteiger partial charge in [-0.05, 0) is 20.0 Å². The largest absolute Gasteiger partial charge is 0.320 e. The first kappa shape index (κ1) is 6.63. The molecule has 0 aromatic heterocycles. The molecule has 2 nitrogen and oxygen atoms in total. The molecule has 0 unspecified atom stereocenters. The van der Waals surface area contributed by atoms with Crippen molar-refractivity contribution in [1.29, 1.82) is 0 Å². The number of unbranched alkanes of at least 4 members (excludes halogenated alkanes) is 1. The minimum absolute atomic E-state index is 0.681. The van der Waals surface area contributed by atoms with Crippen LogP contribution in [-0.2, 0) is 4.79 Å². The molecule has 2 heteroatoms. The number of hydrogen-bond donors (Lipinski definition) is 1. The zero-order valence-electron chi connectivity index (χ0n) is 4.61. The first-order valence-corrected chi connectivity index (χ1v) is 2.50. The van der Waals surface area contributed by atoms with Gasteiger partial charge in [0, 0.05) is 6.42 Å². The molecule has 42 valence electrons. The molecule has 0 aliphatic rings. The van der Waals surface area contributed by atoms with Gasteiger partial charge in [0.2, 0.25) is 0 Å². The summed E-state index contributed by atoms with van der Waals surface area (Å²) in [5, 5.41) is 2.94. The van der Waals surface area contributed by atoms with E-state index in [4.69, 9.17) is 0 Å². The van der Waals surface area contributed by atoms with Crippen LogP contribution in [0.2, 0.25) is 0 Å². The molecule has 0 atom stereocenters. The van der Waals surface area contributed by atoms with Crippen molar-refractivity contribution in [2.24, 2.45) is 0 Å². The monoisotopic (exact) mass is 101 g/mol. The van der Waals surface area contributed by atoms with Crippen LogP contribution < -0.4 is 5.32 Å². The first-order valence-electron chi connectivity index (χ1n) is 2.50. The van der Waals surface area contributed by atoms with Gasteiger partial charge in [-0.15, -0.1) is 0 Å². The van der Waals surface area contributed by atoms with Crippen molar-refractivity contribution >= 4 is 6.29 Å². The molecule has 0 radical (unpaired) electrons. The number of carbonyl (C=O) groups excluding carboxylic acids is 1. The van der Waals surface area contributed by atoms with Gasteiger partial charge >= 0.3 is 0 Å². The van der Waals surface area contributed by atoms with E-state index in [1.54, 1.807) is 0 Å². The maximum atomic E-state index is 9.65. The Labute approximate surface area is 43.9 Å². The minimum atomic E-state index is 0.681. The zero-order valence-corrected chi connectivity index (χ0v) is 4.61. The van der Waals surface area contributed by atoms with E-state index in [9.17, 15) is 4.79 Å². The van der Waals surface area contributed by atoms with E-state index < -0.39 is 0 Å². The Morgan fingerprint density at radius 1 is 1.71 bits per heavy atom. The van der Waals surface area contributed by atoms with Crippen molar-refractivity contribution in [1.82, 2.24) is 5.32 Å². The summed E-state index contributed by atoms with van der Waals surface area (Å²) < 4.78 is 0. The predicted octanol–water partition coefficient (Wildman–Crippen LogP) is 0.185. The minimum Gasteiger partial charge on any atom is -0.320 e. The maximum Gasteiger partial charge on any atom is 0.120 e. The van der Waals surface area contributed by atoms with Crippen LogP contribution in [0.1, 0.15) is 12.8 Å². The standard InChI is InChI=1S/C5H11NO/c1-6-4-2-3-5-7/h5-6H,2-4H2,1H3. The van der Waals surface area contributed by atoms with Crippen LogP contribution in [-0.4, -0.2) is 19.9 Å². The number of aldehydes is 1. The predicted molar refractivity (Wildman–Crippen MR) is 29.2 cm³/mol. The van der Waals surface area contributed by atoms with Gasteiger partial charge in [-0.2, -0.15) is 0 Å². The Morgan fingerprint density at radius 2 is 2.43 bits per heavy atom. The second-order valence-electron chi connectivity index (χ2n) is 1.41. The van der Waals surface area contributed by atoms with Gasteiger partial charge in [0.25, 0.3) is 0 Å². The summed E-state index contributed by atoms with van der Waals surface area (Å²) in [6.07, 6.45) is 2.58. The van der Waals surface area contributed by atoms with Gasteiger partial charge in [-0.25, -0.2) is 0 Å². The summed E-state index contributed by atoms with van der Waals surface area (Å²) in [5.41, 5.74) is 0. The van der Waals surface area contributed by atoms with Gasteiger partial charge in [0.15, 0.2) is 0 Å². The quantitative estimate of drug-likeness (QED) is 0.404. The van der Waals surface area contributed by atoms with Crippen molar-refractivity contribution in [3.05, 3.63) is 0 Å². The molecule has 0 saturated carbocycles. The van der Waals surface area contributed by atoms with Gasteiger partial charge in [-0.3, -0.25) is 0 Å². The summed E-state index contributed by atoms with van der Waals surface area (Å²) in [6.45, 7) is 0.943. The average Bonchev–Trinajstić information content (AvgIpc) is 1.69. The van der Waals surface area contributed by atoms with Gasteiger partial charge in [0.05, 0.1) is 0 Å². The third kappa shape index (κ3) is 5.63. The van der Waals surface area contributed by atoms with E-state index in [1.165, 1.54) is 0 Å². The van der Waals surface area contributed by atoms with Crippen LogP contribution in [0.25, 0.3) is 0 Å². The Balaban J connectivity index is 2.56. The second kappa shape index (κ2) is 5.63. The Kier molecular flexibility index (Phi) is 5.33. The third-order valence-corrected chi connectivity index (χ3v) is 0.749. The summed E-state index contributed by atoms with van der Waals surface area (Å²) in [7, 11) is 1.88. The normalized spacial score (nSPS) is 8.71. The lowest BCUT2D eigenvalue weighted by molar-refractivity contribution is -0.107. The molecule has 7 heavy (non-hydrogen) atoms. The lowest BCUT2D eigenvalue weighted by atomic mass is 10.3. The Hall–Kier alpha value is -0.370. The van der Waals surface area contributed by atoms with Crippen LogP contribution in [0.4, 0.5) is 0 Å². The molecule has 0 aliphatic heterocycles. The molecule has 1 N–H and O–H groups in total. The highest BCUT2D eigenvalue weighted by molar-refractivity contribution is 5.48. The third-order valence-electron chi connectivity index (χ3n) is 0.749. The highest BCUT2D eigenvalue weighted by Gasteiger charge is 1.78. The molecule has 0 amide bonds. The van der Waals surface area contributed by atoms with Crippen molar-refractivity contribution in [3.63, 3.8) is 0 Å². The Bertz CT molecular complexity index is 45.3. The van der Waals surface area contributed by atoms with E-state index in [-0.39, 0.29) is 0 Å².